The minimum atomic E-state index is -0.147. The fraction of sp³-hybridized carbons (Fsp3) is 0.250. The lowest BCUT2D eigenvalue weighted by atomic mass is 10.1. The Balaban J connectivity index is 1.91. The number of carbonyl (C=O) groups excluding carboxylic acids is 3. The molecule has 0 aliphatic heterocycles. The summed E-state index contributed by atoms with van der Waals surface area (Å²) in [4.78, 5) is 36.8. The first-order chi connectivity index (χ1) is 12.0. The van der Waals surface area contributed by atoms with Crippen LogP contribution in [-0.2, 0) is 16.1 Å². The Kier molecular flexibility index (Phi) is 6.46. The van der Waals surface area contributed by atoms with E-state index in [-0.39, 0.29) is 30.6 Å². The van der Waals surface area contributed by atoms with Gasteiger partial charge in [0.05, 0.1) is 0 Å². The molecule has 0 radical (unpaired) electrons. The molecular formula is C20H22N2O3. The molecule has 2 rings (SSSR count). The Morgan fingerprint density at radius 3 is 2.12 bits per heavy atom. The van der Waals surface area contributed by atoms with Gasteiger partial charge in [0.15, 0.2) is 5.78 Å². The third-order valence-corrected chi connectivity index (χ3v) is 3.86. The predicted octanol–water partition coefficient (Wildman–Crippen LogP) is 2.95. The molecule has 0 bridgehead atoms. The van der Waals surface area contributed by atoms with Crippen molar-refractivity contribution in [3.05, 3.63) is 65.7 Å². The van der Waals surface area contributed by atoms with Gasteiger partial charge in [0.1, 0.15) is 0 Å². The van der Waals surface area contributed by atoms with E-state index in [1.807, 2.05) is 30.3 Å². The molecule has 0 saturated heterocycles. The number of ketones is 1. The summed E-state index contributed by atoms with van der Waals surface area (Å²) in [6, 6.07) is 16.5. The number of rotatable bonds is 7. The first-order valence-electron chi connectivity index (χ1n) is 8.17. The highest BCUT2D eigenvalue weighted by Crippen LogP contribution is 2.16. The largest absolute Gasteiger partial charge is 0.352 e. The van der Waals surface area contributed by atoms with Crippen LogP contribution in [0.3, 0.4) is 0 Å². The molecule has 0 aliphatic rings. The first kappa shape index (κ1) is 18.4. The van der Waals surface area contributed by atoms with Gasteiger partial charge in [0.2, 0.25) is 11.8 Å². The van der Waals surface area contributed by atoms with Crippen LogP contribution < -0.4 is 10.2 Å². The number of Topliss-reactive ketones (excluding diaryl/α,β-unsaturated/α-hetero) is 1. The van der Waals surface area contributed by atoms with Gasteiger partial charge in [-0.1, -0.05) is 30.3 Å². The molecule has 2 aromatic rings. The van der Waals surface area contributed by atoms with Crippen LogP contribution >= 0.6 is 0 Å². The summed E-state index contributed by atoms with van der Waals surface area (Å²) in [6.45, 7) is 3.71. The van der Waals surface area contributed by atoms with Crippen LogP contribution in [0, 0.1) is 0 Å². The molecule has 0 heterocycles. The average Bonchev–Trinajstić information content (AvgIpc) is 2.61. The lowest BCUT2D eigenvalue weighted by Crippen LogP contribution is -2.33. The summed E-state index contributed by atoms with van der Waals surface area (Å²) < 4.78 is 0. The maximum Gasteiger partial charge on any atom is 0.223 e. The second kappa shape index (κ2) is 8.78. The lowest BCUT2D eigenvalue weighted by Gasteiger charge is -2.21. The smallest absolute Gasteiger partial charge is 0.223 e. The van der Waals surface area contributed by atoms with Gasteiger partial charge in [-0.2, -0.15) is 0 Å². The van der Waals surface area contributed by atoms with E-state index in [1.165, 1.54) is 18.7 Å². The van der Waals surface area contributed by atoms with Crippen LogP contribution in [0.2, 0.25) is 0 Å². The molecule has 25 heavy (non-hydrogen) atoms. The van der Waals surface area contributed by atoms with Crippen LogP contribution in [-0.4, -0.2) is 24.1 Å². The molecule has 0 spiro atoms. The summed E-state index contributed by atoms with van der Waals surface area (Å²) in [6.07, 6.45) is 0.209. The molecule has 0 fully saturated rings. The molecule has 5 heteroatoms. The number of nitrogens with zero attached hydrogens (tertiary/aromatic N) is 1. The maximum atomic E-state index is 12.0. The summed E-state index contributed by atoms with van der Waals surface area (Å²) in [7, 11) is 0. The molecule has 0 unspecified atom stereocenters. The van der Waals surface area contributed by atoms with E-state index >= 15 is 0 Å². The molecule has 0 aromatic heterocycles. The van der Waals surface area contributed by atoms with Gasteiger partial charge in [-0.3, -0.25) is 14.4 Å². The monoisotopic (exact) mass is 338 g/mol. The molecular weight excluding hydrogens is 316 g/mol. The summed E-state index contributed by atoms with van der Waals surface area (Å²) in [5.74, 6) is -0.289. The van der Waals surface area contributed by atoms with Crippen molar-refractivity contribution in [3.8, 4) is 0 Å². The summed E-state index contributed by atoms with van der Waals surface area (Å²) >= 11 is 0. The summed E-state index contributed by atoms with van der Waals surface area (Å²) in [5, 5.41) is 2.85. The number of carbonyl (C=O) groups is 3. The Morgan fingerprint density at radius 2 is 1.56 bits per heavy atom. The normalized spacial score (nSPS) is 10.2. The Morgan fingerprint density at radius 1 is 0.920 bits per heavy atom. The predicted molar refractivity (Wildman–Crippen MR) is 97.4 cm³/mol. The van der Waals surface area contributed by atoms with Crippen LogP contribution in [0.4, 0.5) is 5.69 Å². The van der Waals surface area contributed by atoms with Crippen molar-refractivity contribution in [3.63, 3.8) is 0 Å². The molecule has 0 atom stereocenters. The fourth-order valence-electron chi connectivity index (χ4n) is 2.44. The zero-order chi connectivity index (χ0) is 18.2. The topological polar surface area (TPSA) is 66.5 Å². The second-order valence-corrected chi connectivity index (χ2v) is 5.79. The van der Waals surface area contributed by atoms with Gasteiger partial charge in [0.25, 0.3) is 0 Å². The standard InChI is InChI=1S/C20H22N2O3/c1-15(23)18-8-10-19(11-9-18)22(16(2)24)13-12-20(25)21-14-17-6-4-3-5-7-17/h3-11H,12-14H2,1-2H3,(H,21,25). The maximum absolute atomic E-state index is 12.0. The van der Waals surface area contributed by atoms with Crippen molar-refractivity contribution in [1.29, 1.82) is 0 Å². The van der Waals surface area contributed by atoms with Gasteiger partial charge in [0, 0.05) is 37.7 Å². The van der Waals surface area contributed by atoms with Crippen molar-refractivity contribution in [2.45, 2.75) is 26.8 Å². The highest BCUT2D eigenvalue weighted by atomic mass is 16.2. The lowest BCUT2D eigenvalue weighted by molar-refractivity contribution is -0.121. The number of hydrogen-bond acceptors (Lipinski definition) is 3. The molecule has 5 nitrogen and oxygen atoms in total. The van der Waals surface area contributed by atoms with Crippen molar-refractivity contribution in [2.24, 2.45) is 0 Å². The van der Waals surface area contributed by atoms with Crippen LogP contribution in [0.15, 0.2) is 54.6 Å². The minimum Gasteiger partial charge on any atom is -0.352 e. The number of benzene rings is 2. The van der Waals surface area contributed by atoms with E-state index in [4.69, 9.17) is 0 Å². The SMILES string of the molecule is CC(=O)c1ccc(N(CCC(=O)NCc2ccccc2)C(C)=O)cc1. The number of nitrogens with one attached hydrogen (secondary N) is 1. The molecule has 2 amide bonds. The van der Waals surface area contributed by atoms with Crippen LogP contribution in [0.25, 0.3) is 0 Å². The number of anilines is 1. The molecule has 0 aliphatic carbocycles. The zero-order valence-electron chi connectivity index (χ0n) is 14.5. The molecule has 1 N–H and O–H groups in total. The van der Waals surface area contributed by atoms with Crippen molar-refractivity contribution < 1.29 is 14.4 Å². The highest BCUT2D eigenvalue weighted by molar-refractivity contribution is 5.96. The first-order valence-corrected chi connectivity index (χ1v) is 8.17. The van der Waals surface area contributed by atoms with Crippen LogP contribution in [0.1, 0.15) is 36.2 Å². The third-order valence-electron chi connectivity index (χ3n) is 3.86. The van der Waals surface area contributed by atoms with E-state index in [0.717, 1.165) is 5.56 Å². The summed E-state index contributed by atoms with van der Waals surface area (Å²) in [5.41, 5.74) is 2.29. The van der Waals surface area contributed by atoms with Crippen molar-refractivity contribution in [1.82, 2.24) is 5.32 Å². The van der Waals surface area contributed by atoms with Gasteiger partial charge < -0.3 is 10.2 Å². The molecule has 0 saturated carbocycles. The van der Waals surface area contributed by atoms with Crippen molar-refractivity contribution >= 4 is 23.3 Å². The van der Waals surface area contributed by atoms with E-state index in [9.17, 15) is 14.4 Å². The van der Waals surface area contributed by atoms with E-state index in [2.05, 4.69) is 5.32 Å². The van der Waals surface area contributed by atoms with E-state index < -0.39 is 0 Å². The van der Waals surface area contributed by atoms with Crippen molar-refractivity contribution in [2.75, 3.05) is 11.4 Å². The fourth-order valence-corrected chi connectivity index (χ4v) is 2.44. The third kappa shape index (κ3) is 5.57. The number of amides is 2. The van der Waals surface area contributed by atoms with Crippen LogP contribution in [0.5, 0.6) is 0 Å². The zero-order valence-corrected chi connectivity index (χ0v) is 14.5. The van der Waals surface area contributed by atoms with Gasteiger partial charge >= 0.3 is 0 Å². The molecule has 2 aromatic carbocycles. The quantitative estimate of drug-likeness (QED) is 0.789. The van der Waals surface area contributed by atoms with Gasteiger partial charge in [-0.05, 0) is 36.8 Å². The van der Waals surface area contributed by atoms with Gasteiger partial charge in [-0.15, -0.1) is 0 Å². The number of hydrogen-bond donors (Lipinski definition) is 1. The van der Waals surface area contributed by atoms with E-state index in [1.54, 1.807) is 24.3 Å². The Hall–Kier alpha value is -2.95. The second-order valence-electron chi connectivity index (χ2n) is 5.79. The molecule has 130 valence electrons. The van der Waals surface area contributed by atoms with E-state index in [0.29, 0.717) is 17.8 Å². The van der Waals surface area contributed by atoms with Gasteiger partial charge in [-0.25, -0.2) is 0 Å². The average molecular weight is 338 g/mol. The Bertz CT molecular complexity index is 739. The highest BCUT2D eigenvalue weighted by Gasteiger charge is 2.14. The minimum absolute atomic E-state index is 0.0267. The Labute approximate surface area is 147 Å².